The van der Waals surface area contributed by atoms with E-state index in [4.69, 9.17) is 11.0 Å². The van der Waals surface area contributed by atoms with Crippen LogP contribution < -0.4 is 5.73 Å². The number of nitrogens with two attached hydrogens (primary N) is 1. The minimum atomic E-state index is -0.562. The number of nitriles is 1. The van der Waals surface area contributed by atoms with E-state index in [0.29, 0.717) is 0 Å². The van der Waals surface area contributed by atoms with Crippen LogP contribution in [-0.2, 0) is 0 Å². The lowest BCUT2D eigenvalue weighted by Gasteiger charge is -2.14. The molecule has 0 amide bonds. The first-order valence-electron chi connectivity index (χ1n) is 4.16. The molecule has 14 heavy (non-hydrogen) atoms. The van der Waals surface area contributed by atoms with Crippen LogP contribution in [0.4, 0.5) is 5.82 Å². The number of ketones is 1. The molecule has 1 aromatic heterocycles. The fourth-order valence-corrected chi connectivity index (χ4v) is 0.988. The van der Waals surface area contributed by atoms with Gasteiger partial charge in [-0.2, -0.15) is 10.4 Å². The van der Waals surface area contributed by atoms with Crippen molar-refractivity contribution in [1.29, 1.82) is 5.26 Å². The Hall–Kier alpha value is -1.83. The summed E-state index contributed by atoms with van der Waals surface area (Å²) in [6, 6.07) is 1.86. The van der Waals surface area contributed by atoms with Gasteiger partial charge in [0.2, 0.25) is 0 Å². The molecule has 0 spiro atoms. The molecule has 0 aliphatic carbocycles. The van der Waals surface area contributed by atoms with Gasteiger partial charge >= 0.3 is 0 Å². The Morgan fingerprint density at radius 2 is 2.14 bits per heavy atom. The summed E-state index contributed by atoms with van der Waals surface area (Å²) < 4.78 is 0. The molecule has 3 N–H and O–H groups in total. The van der Waals surface area contributed by atoms with Crippen molar-refractivity contribution in [3.8, 4) is 6.07 Å². The standard InChI is InChI=1S/C9H12N4O/c1-9(2,3)7(14)6-5(4-10)8(11)13-12-6/h1-3H3,(H3,11,12,13). The zero-order valence-electron chi connectivity index (χ0n) is 8.38. The molecule has 0 radical (unpaired) electrons. The highest BCUT2D eigenvalue weighted by Gasteiger charge is 2.28. The number of nitrogens with one attached hydrogen (secondary N) is 1. The van der Waals surface area contributed by atoms with Gasteiger partial charge in [0, 0.05) is 5.41 Å². The third-order valence-corrected chi connectivity index (χ3v) is 1.80. The lowest BCUT2D eigenvalue weighted by molar-refractivity contribution is 0.0852. The Kier molecular flexibility index (Phi) is 2.30. The van der Waals surface area contributed by atoms with E-state index in [-0.39, 0.29) is 22.9 Å². The van der Waals surface area contributed by atoms with Crippen molar-refractivity contribution in [2.45, 2.75) is 20.8 Å². The number of hydrogen-bond donors (Lipinski definition) is 2. The van der Waals surface area contributed by atoms with Crippen LogP contribution in [0.3, 0.4) is 0 Å². The SMILES string of the molecule is CC(C)(C)C(=O)c1n[nH]c(N)c1C#N. The summed E-state index contributed by atoms with van der Waals surface area (Å²) in [6.07, 6.45) is 0. The zero-order valence-corrected chi connectivity index (χ0v) is 8.38. The van der Waals surface area contributed by atoms with Gasteiger partial charge in [0.25, 0.3) is 0 Å². The second-order valence-corrected chi connectivity index (χ2v) is 4.05. The third kappa shape index (κ3) is 1.59. The van der Waals surface area contributed by atoms with Gasteiger partial charge in [-0.3, -0.25) is 9.89 Å². The summed E-state index contributed by atoms with van der Waals surface area (Å²) >= 11 is 0. The number of nitrogens with zero attached hydrogens (tertiary/aromatic N) is 2. The number of Topliss-reactive ketones (excluding diaryl/α,β-unsaturated/α-hetero) is 1. The molecule has 0 atom stereocenters. The minimum Gasteiger partial charge on any atom is -0.383 e. The lowest BCUT2D eigenvalue weighted by atomic mass is 9.88. The third-order valence-electron chi connectivity index (χ3n) is 1.80. The molecule has 0 fully saturated rings. The summed E-state index contributed by atoms with van der Waals surface area (Å²) in [5, 5.41) is 14.9. The van der Waals surface area contributed by atoms with Crippen LogP contribution in [0, 0.1) is 16.7 Å². The largest absolute Gasteiger partial charge is 0.383 e. The molecule has 0 aliphatic rings. The molecule has 74 valence electrons. The Balaban J connectivity index is 3.22. The number of aromatic nitrogens is 2. The summed E-state index contributed by atoms with van der Waals surface area (Å²) in [7, 11) is 0. The molecule has 0 saturated carbocycles. The molecule has 1 rings (SSSR count). The topological polar surface area (TPSA) is 95.6 Å². The molecule has 5 heteroatoms. The number of rotatable bonds is 1. The van der Waals surface area contributed by atoms with Gasteiger partial charge in [-0.1, -0.05) is 20.8 Å². The fourth-order valence-electron chi connectivity index (χ4n) is 0.988. The first-order valence-corrected chi connectivity index (χ1v) is 4.16. The van der Waals surface area contributed by atoms with Gasteiger partial charge in [-0.05, 0) is 0 Å². The van der Waals surface area contributed by atoms with E-state index in [0.717, 1.165) is 0 Å². The quantitative estimate of drug-likeness (QED) is 0.651. The molecule has 0 saturated heterocycles. The van der Waals surface area contributed by atoms with Crippen molar-refractivity contribution in [3.63, 3.8) is 0 Å². The highest BCUT2D eigenvalue weighted by atomic mass is 16.1. The molecular weight excluding hydrogens is 180 g/mol. The van der Waals surface area contributed by atoms with Crippen LogP contribution in [-0.4, -0.2) is 16.0 Å². The van der Waals surface area contributed by atoms with E-state index >= 15 is 0 Å². The summed E-state index contributed by atoms with van der Waals surface area (Å²) in [6.45, 7) is 5.30. The lowest BCUT2D eigenvalue weighted by Crippen LogP contribution is -2.21. The van der Waals surface area contributed by atoms with Crippen LogP contribution in [0.25, 0.3) is 0 Å². The molecule has 0 bridgehead atoms. The Bertz CT molecular complexity index is 405. The molecule has 1 heterocycles. The number of anilines is 1. The molecule has 0 aliphatic heterocycles. The van der Waals surface area contributed by atoms with Gasteiger partial charge < -0.3 is 5.73 Å². The maximum atomic E-state index is 11.8. The van der Waals surface area contributed by atoms with Gasteiger partial charge in [0.05, 0.1) is 0 Å². The van der Waals surface area contributed by atoms with Gasteiger partial charge in [-0.15, -0.1) is 0 Å². The summed E-state index contributed by atoms with van der Waals surface area (Å²) in [5.41, 5.74) is 5.13. The van der Waals surface area contributed by atoms with Crippen LogP contribution in [0.2, 0.25) is 0 Å². The normalized spacial score (nSPS) is 11.0. The molecule has 5 nitrogen and oxygen atoms in total. The Labute approximate surface area is 81.9 Å². The van der Waals surface area contributed by atoms with Crippen LogP contribution in [0.1, 0.15) is 36.8 Å². The maximum Gasteiger partial charge on any atom is 0.189 e. The number of aromatic amines is 1. The monoisotopic (exact) mass is 192 g/mol. The van der Waals surface area contributed by atoms with Gasteiger partial charge in [0.1, 0.15) is 23.1 Å². The van der Waals surface area contributed by atoms with Gasteiger partial charge in [0.15, 0.2) is 5.78 Å². The van der Waals surface area contributed by atoms with Crippen LogP contribution >= 0.6 is 0 Å². The van der Waals surface area contributed by atoms with Crippen molar-refractivity contribution in [2.24, 2.45) is 5.41 Å². The highest BCUT2D eigenvalue weighted by molar-refractivity contribution is 6.01. The smallest absolute Gasteiger partial charge is 0.189 e. The zero-order chi connectivity index (χ0) is 10.9. The van der Waals surface area contributed by atoms with E-state index in [2.05, 4.69) is 10.2 Å². The number of nitrogen functional groups attached to an aromatic ring is 1. The number of carbonyl (C=O) groups excluding carboxylic acids is 1. The second-order valence-electron chi connectivity index (χ2n) is 4.05. The first kappa shape index (κ1) is 10.3. The predicted molar refractivity (Wildman–Crippen MR) is 51.5 cm³/mol. The van der Waals surface area contributed by atoms with Crippen molar-refractivity contribution in [1.82, 2.24) is 10.2 Å². The minimum absolute atomic E-state index is 0.123. The first-order chi connectivity index (χ1) is 6.38. The second kappa shape index (κ2) is 3.14. The Morgan fingerprint density at radius 1 is 1.57 bits per heavy atom. The highest BCUT2D eigenvalue weighted by Crippen LogP contribution is 2.23. The average molecular weight is 192 g/mol. The van der Waals surface area contributed by atoms with E-state index in [1.54, 1.807) is 20.8 Å². The van der Waals surface area contributed by atoms with E-state index < -0.39 is 5.41 Å². The van der Waals surface area contributed by atoms with E-state index in [9.17, 15) is 4.79 Å². The maximum absolute atomic E-state index is 11.8. The predicted octanol–water partition coefficient (Wildman–Crippen LogP) is 1.09. The van der Waals surface area contributed by atoms with Crippen molar-refractivity contribution in [2.75, 3.05) is 5.73 Å². The summed E-state index contributed by atoms with van der Waals surface area (Å²) in [4.78, 5) is 11.8. The Morgan fingerprint density at radius 3 is 2.57 bits per heavy atom. The number of carbonyl (C=O) groups is 1. The summed E-state index contributed by atoms with van der Waals surface area (Å²) in [5.74, 6) is -0.0536. The van der Waals surface area contributed by atoms with Crippen molar-refractivity contribution < 1.29 is 4.79 Å². The molecule has 0 unspecified atom stereocenters. The van der Waals surface area contributed by atoms with Crippen molar-refractivity contribution >= 4 is 11.6 Å². The van der Waals surface area contributed by atoms with Crippen LogP contribution in [0.5, 0.6) is 0 Å². The average Bonchev–Trinajstić information content (AvgIpc) is 2.43. The van der Waals surface area contributed by atoms with Crippen molar-refractivity contribution in [3.05, 3.63) is 11.3 Å². The fraction of sp³-hybridized carbons (Fsp3) is 0.444. The van der Waals surface area contributed by atoms with Crippen LogP contribution in [0.15, 0.2) is 0 Å². The van der Waals surface area contributed by atoms with E-state index in [1.165, 1.54) is 0 Å². The number of hydrogen-bond acceptors (Lipinski definition) is 4. The molecule has 0 aromatic carbocycles. The van der Waals surface area contributed by atoms with E-state index in [1.807, 2.05) is 6.07 Å². The van der Waals surface area contributed by atoms with Gasteiger partial charge in [-0.25, -0.2) is 0 Å². The number of H-pyrrole nitrogens is 1. The molecule has 1 aromatic rings. The molecular formula is C9H12N4O.